The van der Waals surface area contributed by atoms with E-state index in [4.69, 9.17) is 0 Å². The quantitative estimate of drug-likeness (QED) is 0.623. The molecule has 0 radical (unpaired) electrons. The van der Waals surface area contributed by atoms with Crippen LogP contribution in [0.1, 0.15) is 16.3 Å². The van der Waals surface area contributed by atoms with E-state index in [1.54, 1.807) is 29.3 Å². The predicted molar refractivity (Wildman–Crippen MR) is 82.7 cm³/mol. The SMILES string of the molecule is Cn1c(CNC(=O)c2csc3cncn23)nc2ccncc21. The van der Waals surface area contributed by atoms with Crippen molar-refractivity contribution in [3.63, 3.8) is 0 Å². The van der Waals surface area contributed by atoms with Gasteiger partial charge in [0.1, 0.15) is 22.7 Å². The van der Waals surface area contributed by atoms with Crippen LogP contribution in [-0.4, -0.2) is 29.8 Å². The average Bonchev–Trinajstić information content (AvgIpc) is 3.20. The van der Waals surface area contributed by atoms with Crippen LogP contribution >= 0.6 is 11.3 Å². The van der Waals surface area contributed by atoms with Crippen molar-refractivity contribution in [2.75, 3.05) is 0 Å². The van der Waals surface area contributed by atoms with E-state index in [2.05, 4.69) is 20.3 Å². The zero-order valence-electron chi connectivity index (χ0n) is 11.7. The molecule has 4 rings (SSSR count). The number of fused-ring (bicyclic) bond motifs is 2. The topological polar surface area (TPSA) is 77.1 Å². The summed E-state index contributed by atoms with van der Waals surface area (Å²) in [5, 5.41) is 4.73. The molecule has 0 bridgehead atoms. The first kappa shape index (κ1) is 13.0. The Morgan fingerprint density at radius 2 is 2.27 bits per heavy atom. The zero-order chi connectivity index (χ0) is 15.1. The smallest absolute Gasteiger partial charge is 0.269 e. The highest BCUT2D eigenvalue weighted by Gasteiger charge is 2.14. The molecule has 0 saturated carbocycles. The normalized spacial score (nSPS) is 11.3. The molecule has 7 nitrogen and oxygen atoms in total. The maximum absolute atomic E-state index is 12.3. The molecule has 0 aliphatic heterocycles. The van der Waals surface area contributed by atoms with Gasteiger partial charge >= 0.3 is 0 Å². The van der Waals surface area contributed by atoms with E-state index in [0.29, 0.717) is 12.2 Å². The van der Waals surface area contributed by atoms with Crippen LogP contribution in [0.5, 0.6) is 0 Å². The van der Waals surface area contributed by atoms with Crippen molar-refractivity contribution in [2.45, 2.75) is 6.54 Å². The molecule has 0 fully saturated rings. The van der Waals surface area contributed by atoms with E-state index in [1.165, 1.54) is 11.3 Å². The lowest BCUT2D eigenvalue weighted by Gasteiger charge is -2.04. The number of amides is 1. The molecular weight excluding hydrogens is 300 g/mol. The first-order chi connectivity index (χ1) is 10.7. The minimum absolute atomic E-state index is 0.144. The average molecular weight is 312 g/mol. The molecule has 0 aliphatic rings. The van der Waals surface area contributed by atoms with Gasteiger partial charge in [0, 0.05) is 18.6 Å². The van der Waals surface area contributed by atoms with Crippen LogP contribution in [0.25, 0.3) is 15.9 Å². The summed E-state index contributed by atoms with van der Waals surface area (Å²) in [7, 11) is 1.91. The van der Waals surface area contributed by atoms with Crippen molar-refractivity contribution in [1.29, 1.82) is 0 Å². The van der Waals surface area contributed by atoms with Crippen molar-refractivity contribution in [3.8, 4) is 0 Å². The van der Waals surface area contributed by atoms with E-state index in [1.807, 2.05) is 23.1 Å². The Morgan fingerprint density at radius 1 is 1.36 bits per heavy atom. The van der Waals surface area contributed by atoms with E-state index >= 15 is 0 Å². The number of aromatic nitrogens is 5. The molecule has 0 aliphatic carbocycles. The number of hydrogen-bond donors (Lipinski definition) is 1. The van der Waals surface area contributed by atoms with Gasteiger partial charge < -0.3 is 9.88 Å². The molecule has 8 heteroatoms. The van der Waals surface area contributed by atoms with Gasteiger partial charge in [-0.25, -0.2) is 9.97 Å². The number of pyridine rings is 1. The van der Waals surface area contributed by atoms with Crippen LogP contribution in [0.15, 0.2) is 36.4 Å². The van der Waals surface area contributed by atoms with Crippen LogP contribution in [0.4, 0.5) is 0 Å². The fourth-order valence-electron chi connectivity index (χ4n) is 2.38. The highest BCUT2D eigenvalue weighted by atomic mass is 32.1. The van der Waals surface area contributed by atoms with Crippen LogP contribution in [0.3, 0.4) is 0 Å². The Morgan fingerprint density at radius 3 is 3.14 bits per heavy atom. The summed E-state index contributed by atoms with van der Waals surface area (Å²) < 4.78 is 3.71. The number of rotatable bonds is 3. The lowest BCUT2D eigenvalue weighted by Crippen LogP contribution is -2.25. The fraction of sp³-hybridized carbons (Fsp3) is 0.143. The van der Waals surface area contributed by atoms with Crippen LogP contribution in [0, 0.1) is 0 Å². The van der Waals surface area contributed by atoms with Gasteiger partial charge in [-0.3, -0.25) is 14.2 Å². The van der Waals surface area contributed by atoms with E-state index < -0.39 is 0 Å². The van der Waals surface area contributed by atoms with Crippen molar-refractivity contribution in [1.82, 2.24) is 29.2 Å². The number of imidazole rings is 2. The first-order valence-electron chi connectivity index (χ1n) is 6.67. The summed E-state index contributed by atoms with van der Waals surface area (Å²) in [4.78, 5) is 25.9. The molecule has 22 heavy (non-hydrogen) atoms. The highest BCUT2D eigenvalue weighted by Crippen LogP contribution is 2.16. The molecule has 4 heterocycles. The molecule has 110 valence electrons. The molecule has 0 spiro atoms. The molecule has 0 unspecified atom stereocenters. The second-order valence-corrected chi connectivity index (χ2v) is 5.75. The lowest BCUT2D eigenvalue weighted by molar-refractivity contribution is 0.0944. The second kappa shape index (κ2) is 4.92. The number of carbonyl (C=O) groups is 1. The highest BCUT2D eigenvalue weighted by molar-refractivity contribution is 7.15. The maximum Gasteiger partial charge on any atom is 0.269 e. The molecule has 0 atom stereocenters. The first-order valence-corrected chi connectivity index (χ1v) is 7.55. The molecule has 4 aromatic heterocycles. The van der Waals surface area contributed by atoms with Gasteiger partial charge in [-0.05, 0) is 6.07 Å². The van der Waals surface area contributed by atoms with Crippen LogP contribution in [-0.2, 0) is 13.6 Å². The number of thiazole rings is 1. The summed E-state index contributed by atoms with van der Waals surface area (Å²) in [5.74, 6) is 0.642. The monoisotopic (exact) mass is 312 g/mol. The van der Waals surface area contributed by atoms with E-state index in [-0.39, 0.29) is 5.91 Å². The van der Waals surface area contributed by atoms with Crippen molar-refractivity contribution in [3.05, 3.63) is 47.9 Å². The number of hydrogen-bond acceptors (Lipinski definition) is 5. The van der Waals surface area contributed by atoms with Crippen molar-refractivity contribution >= 4 is 33.1 Å². The Bertz CT molecular complexity index is 982. The van der Waals surface area contributed by atoms with Gasteiger partial charge in [0.2, 0.25) is 0 Å². The van der Waals surface area contributed by atoms with Gasteiger partial charge in [-0.2, -0.15) is 0 Å². The third-order valence-electron chi connectivity index (χ3n) is 3.57. The largest absolute Gasteiger partial charge is 0.343 e. The molecule has 1 N–H and O–H groups in total. The minimum atomic E-state index is -0.144. The molecule has 1 amide bonds. The van der Waals surface area contributed by atoms with E-state index in [0.717, 1.165) is 21.7 Å². The Kier molecular flexibility index (Phi) is 2.90. The number of nitrogens with one attached hydrogen (secondary N) is 1. The lowest BCUT2D eigenvalue weighted by atomic mass is 10.4. The third-order valence-corrected chi connectivity index (χ3v) is 4.46. The van der Waals surface area contributed by atoms with E-state index in [9.17, 15) is 4.79 Å². The van der Waals surface area contributed by atoms with Gasteiger partial charge in [0.15, 0.2) is 0 Å². The van der Waals surface area contributed by atoms with Gasteiger partial charge in [-0.1, -0.05) is 0 Å². The van der Waals surface area contributed by atoms with Crippen LogP contribution in [0.2, 0.25) is 0 Å². The second-order valence-electron chi connectivity index (χ2n) is 4.86. The van der Waals surface area contributed by atoms with Gasteiger partial charge in [0.05, 0.1) is 30.0 Å². The van der Waals surface area contributed by atoms with Gasteiger partial charge in [0.25, 0.3) is 5.91 Å². The standard InChI is InChI=1S/C14H12N6OS/c1-19-10-4-15-3-2-9(10)18-12(19)5-17-14(21)11-7-22-13-6-16-8-20(11)13/h2-4,6-8H,5H2,1H3,(H,17,21). The maximum atomic E-state index is 12.3. The third kappa shape index (κ3) is 1.96. The van der Waals surface area contributed by atoms with Crippen molar-refractivity contribution in [2.24, 2.45) is 7.05 Å². The van der Waals surface area contributed by atoms with Crippen LogP contribution < -0.4 is 5.32 Å². The summed E-state index contributed by atoms with van der Waals surface area (Å²) in [6, 6.07) is 1.86. The fourth-order valence-corrected chi connectivity index (χ4v) is 3.21. The minimum Gasteiger partial charge on any atom is -0.343 e. The number of carbonyl (C=O) groups excluding carboxylic acids is 1. The number of nitrogens with zero attached hydrogens (tertiary/aromatic N) is 5. The summed E-state index contributed by atoms with van der Waals surface area (Å²) in [5.41, 5.74) is 2.39. The zero-order valence-corrected chi connectivity index (χ0v) is 12.5. The van der Waals surface area contributed by atoms with Gasteiger partial charge in [-0.15, -0.1) is 11.3 Å². The summed E-state index contributed by atoms with van der Waals surface area (Å²) in [6.07, 6.45) is 6.85. The number of aryl methyl sites for hydroxylation is 1. The Hall–Kier alpha value is -2.74. The Balaban J connectivity index is 1.57. The molecule has 0 saturated heterocycles. The summed E-state index contributed by atoms with van der Waals surface area (Å²) >= 11 is 1.49. The molecule has 0 aromatic carbocycles. The van der Waals surface area contributed by atoms with Crippen molar-refractivity contribution < 1.29 is 4.79 Å². The molecular formula is C14H12N6OS. The Labute approximate surface area is 129 Å². The summed E-state index contributed by atoms with van der Waals surface area (Å²) in [6.45, 7) is 0.357. The predicted octanol–water partition coefficient (Wildman–Crippen LogP) is 1.61. The molecule has 4 aromatic rings.